The van der Waals surface area contributed by atoms with Gasteiger partial charge >= 0.3 is 48.8 Å². The monoisotopic (exact) mass is 1110 g/mol. The zero-order chi connectivity index (χ0) is 52.6. The van der Waals surface area contributed by atoms with Crippen LogP contribution in [0, 0.1) is 43.4 Å². The molecule has 2 N–H and O–H groups in total. The Morgan fingerprint density at radius 2 is 1.03 bits per heavy atom. The Kier molecular flexibility index (Phi) is 15.3. The Balaban J connectivity index is 0.000000162. The van der Waals surface area contributed by atoms with Gasteiger partial charge in [0.2, 0.25) is 16.5 Å². The first-order valence-corrected chi connectivity index (χ1v) is 23.3. The number of fused-ring (bicyclic) bond motifs is 4. The second kappa shape index (κ2) is 21.0. The van der Waals surface area contributed by atoms with E-state index in [0.717, 1.165) is 56.3 Å². The maximum Gasteiger partial charge on any atom is 0.416 e. The number of rotatable bonds is 10. The number of aromatic nitrogens is 10. The van der Waals surface area contributed by atoms with E-state index in [9.17, 15) is 52.7 Å². The van der Waals surface area contributed by atoms with Crippen LogP contribution in [-0.4, -0.2) is 94.5 Å². The summed E-state index contributed by atoms with van der Waals surface area (Å²) in [5.41, 5.74) is 4.16. The lowest BCUT2D eigenvalue weighted by Crippen LogP contribution is -2.48. The molecule has 10 rings (SSSR count). The first-order chi connectivity index (χ1) is 34.2. The van der Waals surface area contributed by atoms with E-state index < -0.39 is 60.9 Å². The van der Waals surface area contributed by atoms with Gasteiger partial charge in [-0.2, -0.15) is 67.8 Å². The standard InChI is InChI=1S/C22H22F6N6O2.C11H6BrF6N3O.C10H16N4O/c1-12-30-31-20(35-12)33-9-13-5-6-14(10-33)17(13)8-18-29-19(34(32-18)11-21(23,24)25)36-16-4-2-3-15(7-16)22(26,27)28;12-8-19-9(21(20-8)5-10(13,14)15)22-7-3-1-2-6(4-7)11(16,17)18;1-6-12-13-10(15-6)14-4-7-2-3-8(5-14)9(7)11/h2-4,7,13-14,17H,5-6,8-11H2,1H3;1-4H,5H2;7-9H,2-5,11H2,1H3. The zero-order valence-electron chi connectivity index (χ0n) is 38.4. The molecule has 396 valence electrons. The molecule has 6 aromatic rings. The molecule has 4 atom stereocenters. The Hall–Kier alpha value is -6.20. The van der Waals surface area contributed by atoms with E-state index in [2.05, 4.69) is 61.4 Å². The Morgan fingerprint density at radius 3 is 1.45 bits per heavy atom. The first-order valence-electron chi connectivity index (χ1n) is 22.5. The van der Waals surface area contributed by atoms with E-state index in [1.165, 1.54) is 18.9 Å². The molecule has 0 amide bonds. The van der Waals surface area contributed by atoms with Gasteiger partial charge in [-0.05, 0) is 108 Å². The third-order valence-corrected chi connectivity index (χ3v) is 13.0. The summed E-state index contributed by atoms with van der Waals surface area (Å²) in [5, 5.41) is 23.3. The van der Waals surface area contributed by atoms with Crippen LogP contribution in [0.2, 0.25) is 0 Å². The Bertz CT molecular complexity index is 2780. The summed E-state index contributed by atoms with van der Waals surface area (Å²) in [6, 6.07) is 7.98. The second-order valence-electron chi connectivity index (χ2n) is 17.9. The smallest absolute Gasteiger partial charge is 0.416 e. The van der Waals surface area contributed by atoms with Gasteiger partial charge in [-0.15, -0.1) is 15.3 Å². The van der Waals surface area contributed by atoms with E-state index in [0.29, 0.717) is 82.7 Å². The Morgan fingerprint density at radius 1 is 0.603 bits per heavy atom. The van der Waals surface area contributed by atoms with E-state index in [4.69, 9.17) is 24.0 Å². The normalized spacial score (nSPS) is 21.9. The summed E-state index contributed by atoms with van der Waals surface area (Å²) in [4.78, 5) is 11.9. The third kappa shape index (κ3) is 13.7. The molecule has 2 saturated heterocycles. The molecule has 4 unspecified atom stereocenters. The van der Waals surface area contributed by atoms with Crippen LogP contribution in [0.3, 0.4) is 0 Å². The van der Waals surface area contributed by atoms with Crippen LogP contribution in [0.15, 0.2) is 62.1 Å². The average Bonchev–Trinajstić information content (AvgIpc) is 4.14. The van der Waals surface area contributed by atoms with Gasteiger partial charge in [0.1, 0.15) is 24.6 Å². The predicted molar refractivity (Wildman–Crippen MR) is 233 cm³/mol. The number of halogens is 13. The first kappa shape index (κ1) is 53.1. The van der Waals surface area contributed by atoms with Crippen LogP contribution in [0.25, 0.3) is 0 Å². The molecule has 2 aliphatic heterocycles. The molecule has 4 bridgehead atoms. The summed E-state index contributed by atoms with van der Waals surface area (Å²) in [6.07, 6.45) is -13.7. The number of hydrogen-bond acceptors (Lipinski definition) is 15. The van der Waals surface area contributed by atoms with Crippen molar-refractivity contribution < 1.29 is 71.0 Å². The minimum atomic E-state index is -4.63. The number of ether oxygens (including phenoxy) is 2. The van der Waals surface area contributed by atoms with Gasteiger partial charge in [0.05, 0.1) is 11.1 Å². The van der Waals surface area contributed by atoms with Crippen molar-refractivity contribution in [3.8, 4) is 23.5 Å². The van der Waals surface area contributed by atoms with Crippen LogP contribution in [-0.2, 0) is 31.9 Å². The molecular formula is C43H44BrF12N13O4. The molecule has 17 nitrogen and oxygen atoms in total. The molecule has 4 aromatic heterocycles. The molecule has 6 heterocycles. The van der Waals surface area contributed by atoms with Crippen molar-refractivity contribution in [2.24, 2.45) is 35.3 Å². The summed E-state index contributed by atoms with van der Waals surface area (Å²) in [7, 11) is 0. The fourth-order valence-electron chi connectivity index (χ4n) is 9.42. The molecule has 2 aromatic carbocycles. The van der Waals surface area contributed by atoms with Crippen molar-refractivity contribution in [3.63, 3.8) is 0 Å². The van der Waals surface area contributed by atoms with Crippen molar-refractivity contribution >= 4 is 28.0 Å². The number of benzene rings is 2. The summed E-state index contributed by atoms with van der Waals surface area (Å²) in [5.74, 6) is 2.48. The number of hydrogen-bond donors (Lipinski definition) is 1. The maximum absolute atomic E-state index is 13.2. The van der Waals surface area contributed by atoms with Crippen LogP contribution >= 0.6 is 15.9 Å². The van der Waals surface area contributed by atoms with E-state index in [1.807, 2.05) is 11.8 Å². The quantitative estimate of drug-likeness (QED) is 0.127. The lowest BCUT2D eigenvalue weighted by atomic mass is 9.82. The minimum Gasteiger partial charge on any atom is -0.424 e. The molecule has 2 aliphatic carbocycles. The lowest BCUT2D eigenvalue weighted by molar-refractivity contribution is -0.144. The molecule has 4 fully saturated rings. The van der Waals surface area contributed by atoms with E-state index in [-0.39, 0.29) is 39.8 Å². The summed E-state index contributed by atoms with van der Waals surface area (Å²) >= 11 is 2.78. The van der Waals surface area contributed by atoms with Crippen LogP contribution in [0.5, 0.6) is 23.5 Å². The molecule has 0 spiro atoms. The number of aryl methyl sites for hydroxylation is 2. The topological polar surface area (TPSA) is 190 Å². The van der Waals surface area contributed by atoms with Gasteiger partial charge in [-0.3, -0.25) is 0 Å². The summed E-state index contributed by atoms with van der Waals surface area (Å²) in [6.45, 7) is 3.84. The van der Waals surface area contributed by atoms with Crippen LogP contribution < -0.4 is 25.0 Å². The van der Waals surface area contributed by atoms with Gasteiger partial charge in [0.15, 0.2) is 5.82 Å². The van der Waals surface area contributed by atoms with Gasteiger partial charge in [0.25, 0.3) is 0 Å². The molecule has 73 heavy (non-hydrogen) atoms. The number of nitrogens with zero attached hydrogens (tertiary/aromatic N) is 12. The zero-order valence-corrected chi connectivity index (χ0v) is 39.9. The van der Waals surface area contributed by atoms with E-state index in [1.54, 1.807) is 6.92 Å². The van der Waals surface area contributed by atoms with Crippen molar-refractivity contribution in [1.82, 2.24) is 49.9 Å². The van der Waals surface area contributed by atoms with Gasteiger partial charge in [-0.1, -0.05) is 22.3 Å². The number of piperidine rings is 2. The highest BCUT2D eigenvalue weighted by Gasteiger charge is 2.45. The van der Waals surface area contributed by atoms with E-state index >= 15 is 0 Å². The predicted octanol–water partition coefficient (Wildman–Crippen LogP) is 10.0. The number of nitrogens with two attached hydrogens (primary N) is 1. The highest BCUT2D eigenvalue weighted by molar-refractivity contribution is 9.10. The van der Waals surface area contributed by atoms with Gasteiger partial charge < -0.3 is 33.8 Å². The maximum atomic E-state index is 13.2. The van der Waals surface area contributed by atoms with Crippen molar-refractivity contribution in [2.45, 2.75) is 89.8 Å². The average molecular weight is 1110 g/mol. The largest absolute Gasteiger partial charge is 0.424 e. The fourth-order valence-corrected chi connectivity index (χ4v) is 9.77. The lowest BCUT2D eigenvalue weighted by Gasteiger charge is -2.36. The Labute approximate surface area is 414 Å². The molecule has 2 saturated carbocycles. The highest BCUT2D eigenvalue weighted by Crippen LogP contribution is 2.45. The highest BCUT2D eigenvalue weighted by atomic mass is 79.9. The minimum absolute atomic E-state index is 0.133. The summed E-state index contributed by atoms with van der Waals surface area (Å²) < 4.78 is 176. The molecule has 4 aliphatic rings. The molecule has 30 heteroatoms. The van der Waals surface area contributed by atoms with Crippen LogP contribution in [0.4, 0.5) is 64.7 Å². The van der Waals surface area contributed by atoms with Crippen LogP contribution in [0.1, 0.15) is 54.4 Å². The second-order valence-corrected chi connectivity index (χ2v) is 18.6. The number of alkyl halides is 12. The van der Waals surface area contributed by atoms with Crippen molar-refractivity contribution in [3.05, 3.63) is 82.0 Å². The van der Waals surface area contributed by atoms with Gasteiger partial charge in [0, 0.05) is 52.5 Å². The van der Waals surface area contributed by atoms with Gasteiger partial charge in [-0.25, -0.2) is 9.36 Å². The van der Waals surface area contributed by atoms with Crippen molar-refractivity contribution in [2.75, 3.05) is 36.0 Å². The van der Waals surface area contributed by atoms with Crippen molar-refractivity contribution in [1.29, 1.82) is 0 Å². The fraction of sp³-hybridized carbons (Fsp3) is 0.535. The third-order valence-electron chi connectivity index (χ3n) is 12.6. The molecular weight excluding hydrogens is 1070 g/mol. The SMILES string of the molecule is Cc1nnc(N2CC3CCC(C2)C3Cc2nc(Oc3cccc(C(F)(F)F)c3)n(CC(F)(F)F)n2)o1.Cc1nnc(N2CC3CCC(C2)C3N)o1.FC(F)(F)Cn1nc(Br)nc1Oc1cccc(C(F)(F)F)c1. The number of anilines is 2. The molecule has 0 radical (unpaired) electrons.